The molecule has 0 saturated heterocycles. The zero-order chi connectivity index (χ0) is 36.3. The summed E-state index contributed by atoms with van der Waals surface area (Å²) in [7, 11) is 0. The van der Waals surface area contributed by atoms with Crippen LogP contribution < -0.4 is 26.3 Å². The Morgan fingerprint density at radius 1 is 0.462 bits per heavy atom. The number of pyridine rings is 1. The molecule has 0 saturated carbocycles. The van der Waals surface area contributed by atoms with Crippen molar-refractivity contribution in [3.8, 4) is 5.75 Å². The van der Waals surface area contributed by atoms with E-state index in [4.69, 9.17) is 4.74 Å². The Kier molecular flexibility index (Phi) is 33.3. The molecule has 2 rings (SSSR count). The van der Waals surface area contributed by atoms with Crippen molar-refractivity contribution in [2.45, 2.75) is 219 Å². The number of nitrogens with zero attached hydrogens (tertiary/aromatic N) is 1. The summed E-state index contributed by atoms with van der Waals surface area (Å²) in [6, 6.07) is 12.2. The number of hydrogen-bond donors (Lipinski definition) is 0. The van der Waals surface area contributed by atoms with E-state index in [1.165, 1.54) is 185 Å². The third-order valence-electron chi connectivity index (χ3n) is 10.5. The van der Waals surface area contributed by atoms with E-state index in [9.17, 15) is 4.79 Å². The van der Waals surface area contributed by atoms with Crippen LogP contribution in [0.4, 0.5) is 0 Å². The molecule has 0 fully saturated rings. The van der Waals surface area contributed by atoms with Gasteiger partial charge in [-0.25, -0.2) is 4.57 Å². The van der Waals surface area contributed by atoms with Gasteiger partial charge in [-0.15, -0.1) is 0 Å². The zero-order valence-electron chi connectivity index (χ0n) is 34.0. The first-order valence-corrected chi connectivity index (χ1v) is 22.2. The minimum Gasteiger partial charge on any atom is -1.00 e. The summed E-state index contributed by atoms with van der Waals surface area (Å²) in [5, 5.41) is 0. The molecule has 52 heavy (non-hydrogen) atoms. The largest absolute Gasteiger partial charge is 1.00 e. The van der Waals surface area contributed by atoms with Crippen LogP contribution in [0.25, 0.3) is 12.2 Å². The smallest absolute Gasteiger partial charge is 0.311 e. The van der Waals surface area contributed by atoms with Gasteiger partial charge in [-0.05, 0) is 36.1 Å². The predicted octanol–water partition coefficient (Wildman–Crippen LogP) is 12.2. The first-order valence-electron chi connectivity index (χ1n) is 22.2. The number of ether oxygens (including phenoxy) is 1. The van der Waals surface area contributed by atoms with Crippen LogP contribution in [0.1, 0.15) is 224 Å². The number of carbonyl (C=O) groups is 1. The number of rotatable bonds is 35. The Bertz CT molecular complexity index is 1080. The molecule has 0 aliphatic rings. The molecule has 0 spiro atoms. The molecule has 1 aromatic heterocycles. The summed E-state index contributed by atoms with van der Waals surface area (Å²) >= 11 is 0. The number of aryl methyl sites for hydroxylation is 1. The van der Waals surface area contributed by atoms with E-state index in [2.05, 4.69) is 55.1 Å². The second-order valence-electron chi connectivity index (χ2n) is 15.4. The van der Waals surface area contributed by atoms with Crippen LogP contribution in [0.5, 0.6) is 5.75 Å². The minimum atomic E-state index is -0.120. The summed E-state index contributed by atoms with van der Waals surface area (Å²) in [4.78, 5) is 12.3. The number of benzene rings is 1. The highest BCUT2D eigenvalue weighted by atomic mass is 79.9. The molecule has 0 aliphatic heterocycles. The highest BCUT2D eigenvalue weighted by Crippen LogP contribution is 2.18. The normalized spacial score (nSPS) is 11.3. The first kappa shape index (κ1) is 48.1. The second kappa shape index (κ2) is 36.1. The van der Waals surface area contributed by atoms with Gasteiger partial charge < -0.3 is 21.7 Å². The molecule has 0 radical (unpaired) electrons. The summed E-state index contributed by atoms with van der Waals surface area (Å²) < 4.78 is 7.88. The molecule has 0 atom stereocenters. The molecule has 4 heteroatoms. The first-order chi connectivity index (χ1) is 25.2. The van der Waals surface area contributed by atoms with E-state index < -0.39 is 0 Å². The fraction of sp³-hybridized carbons (Fsp3) is 0.708. The van der Waals surface area contributed by atoms with Crippen molar-refractivity contribution in [2.75, 3.05) is 0 Å². The van der Waals surface area contributed by atoms with Crippen LogP contribution in [-0.2, 0) is 11.3 Å². The maximum atomic E-state index is 12.3. The molecule has 296 valence electrons. The van der Waals surface area contributed by atoms with Gasteiger partial charge in [0.25, 0.3) is 0 Å². The SMILES string of the molecule is CCCCCCCCCCCCCCCCCCCCCC[n+]1ccc(C=Cc2ccc(OC(=O)CCCCCCCCCCCC)cc2)cc1.[Br-]. The van der Waals surface area contributed by atoms with Crippen LogP contribution in [0, 0.1) is 0 Å². The lowest BCUT2D eigenvalue weighted by Gasteiger charge is -2.05. The van der Waals surface area contributed by atoms with Gasteiger partial charge in [-0.3, -0.25) is 4.79 Å². The molecule has 0 unspecified atom stereocenters. The van der Waals surface area contributed by atoms with Crippen LogP contribution in [0.15, 0.2) is 48.8 Å². The fourth-order valence-corrected chi connectivity index (χ4v) is 7.06. The van der Waals surface area contributed by atoms with Gasteiger partial charge in [0.05, 0.1) is 0 Å². The van der Waals surface area contributed by atoms with Gasteiger partial charge in [-0.2, -0.15) is 0 Å². The third kappa shape index (κ3) is 28.5. The highest BCUT2D eigenvalue weighted by Gasteiger charge is 2.05. The van der Waals surface area contributed by atoms with E-state index in [-0.39, 0.29) is 23.0 Å². The average Bonchev–Trinajstić information content (AvgIpc) is 3.15. The molecule has 2 aromatic rings. The van der Waals surface area contributed by atoms with Crippen LogP contribution >= 0.6 is 0 Å². The quantitative estimate of drug-likeness (QED) is 0.0302. The van der Waals surface area contributed by atoms with Gasteiger partial charge in [0.15, 0.2) is 12.4 Å². The predicted molar refractivity (Wildman–Crippen MR) is 222 cm³/mol. The second-order valence-corrected chi connectivity index (χ2v) is 15.4. The molecule has 3 nitrogen and oxygen atoms in total. The molecule has 0 amide bonds. The van der Waals surface area contributed by atoms with Gasteiger partial charge in [-0.1, -0.05) is 211 Å². The summed E-state index contributed by atoms with van der Waals surface area (Å²) in [6.45, 7) is 5.66. The molecule has 0 bridgehead atoms. The maximum Gasteiger partial charge on any atom is 0.311 e. The van der Waals surface area contributed by atoms with E-state index in [0.717, 1.165) is 24.9 Å². The number of halogens is 1. The van der Waals surface area contributed by atoms with Crippen LogP contribution in [0.3, 0.4) is 0 Å². The lowest BCUT2D eigenvalue weighted by molar-refractivity contribution is -0.697. The van der Waals surface area contributed by atoms with Crippen molar-refractivity contribution >= 4 is 18.1 Å². The third-order valence-corrected chi connectivity index (χ3v) is 10.5. The fourth-order valence-electron chi connectivity index (χ4n) is 7.06. The number of carbonyl (C=O) groups excluding carboxylic acids is 1. The summed E-state index contributed by atoms with van der Waals surface area (Å²) in [5.74, 6) is 0.515. The number of unbranched alkanes of at least 4 members (excludes halogenated alkanes) is 28. The Labute approximate surface area is 333 Å². The maximum absolute atomic E-state index is 12.3. The number of hydrogen-bond acceptors (Lipinski definition) is 2. The van der Waals surface area contributed by atoms with E-state index in [1.54, 1.807) is 0 Å². The van der Waals surface area contributed by atoms with Gasteiger partial charge in [0.1, 0.15) is 12.3 Å². The lowest BCUT2D eigenvalue weighted by atomic mass is 10.0. The average molecular weight is 783 g/mol. The van der Waals surface area contributed by atoms with Crippen molar-refractivity contribution in [1.29, 1.82) is 0 Å². The van der Waals surface area contributed by atoms with Crippen molar-refractivity contribution in [3.05, 3.63) is 59.9 Å². The Hall–Kier alpha value is -1.94. The van der Waals surface area contributed by atoms with Crippen molar-refractivity contribution < 1.29 is 31.1 Å². The minimum absolute atomic E-state index is 0. The summed E-state index contributed by atoms with van der Waals surface area (Å²) in [6.07, 6.45) is 50.3. The van der Waals surface area contributed by atoms with Crippen LogP contribution in [-0.4, -0.2) is 5.97 Å². The van der Waals surface area contributed by atoms with E-state index in [0.29, 0.717) is 12.2 Å². The van der Waals surface area contributed by atoms with E-state index >= 15 is 0 Å². The molecule has 0 N–H and O–H groups in total. The van der Waals surface area contributed by atoms with Crippen LogP contribution in [0.2, 0.25) is 0 Å². The number of esters is 1. The molecule has 1 heterocycles. The van der Waals surface area contributed by atoms with Crippen molar-refractivity contribution in [1.82, 2.24) is 0 Å². The van der Waals surface area contributed by atoms with Gasteiger partial charge >= 0.3 is 5.97 Å². The monoisotopic (exact) mass is 782 g/mol. The molecular weight excluding hydrogens is 702 g/mol. The topological polar surface area (TPSA) is 30.2 Å². The summed E-state index contributed by atoms with van der Waals surface area (Å²) in [5.41, 5.74) is 2.30. The zero-order valence-corrected chi connectivity index (χ0v) is 35.6. The van der Waals surface area contributed by atoms with E-state index in [1.807, 2.05) is 24.3 Å². The number of aromatic nitrogens is 1. The standard InChI is InChI=1S/C48H80NO2.BrH/c1-3-5-7-9-11-13-15-16-17-18-19-20-21-22-23-24-26-28-30-32-42-49-43-40-46(41-44-49)35-34-45-36-38-47(39-37-45)51-48(50)33-31-29-27-25-14-12-10-8-6-4-2;/h34-41,43-44H,3-33,42H2,1-2H3;1H/q+1;/p-1. The Morgan fingerprint density at radius 2 is 0.788 bits per heavy atom. The molecule has 0 aliphatic carbocycles. The highest BCUT2D eigenvalue weighted by molar-refractivity contribution is 5.73. The Morgan fingerprint density at radius 3 is 1.17 bits per heavy atom. The Balaban J connectivity index is 0.0000135. The van der Waals surface area contributed by atoms with Gasteiger partial charge in [0.2, 0.25) is 0 Å². The van der Waals surface area contributed by atoms with Crippen molar-refractivity contribution in [2.24, 2.45) is 0 Å². The van der Waals surface area contributed by atoms with Gasteiger partial charge in [0, 0.05) is 25.0 Å². The molecular formula is C48H80BrNO2. The lowest BCUT2D eigenvalue weighted by Crippen LogP contribution is -3.00. The molecule has 1 aromatic carbocycles. The van der Waals surface area contributed by atoms with Crippen molar-refractivity contribution in [3.63, 3.8) is 0 Å².